The van der Waals surface area contributed by atoms with Crippen LogP contribution < -0.4 is 10.6 Å². The van der Waals surface area contributed by atoms with E-state index in [1.807, 2.05) is 0 Å². The van der Waals surface area contributed by atoms with Gasteiger partial charge in [0, 0.05) is 12.2 Å². The Balaban J connectivity index is 2.03. The smallest absolute Gasteiger partial charge is 0.417 e. The molecule has 0 saturated heterocycles. The van der Waals surface area contributed by atoms with Gasteiger partial charge in [0.15, 0.2) is 0 Å². The van der Waals surface area contributed by atoms with Gasteiger partial charge in [0.25, 0.3) is 0 Å². The molecule has 0 spiro atoms. The highest BCUT2D eigenvalue weighted by Crippen LogP contribution is 2.33. The van der Waals surface area contributed by atoms with E-state index in [9.17, 15) is 18.0 Å². The fourth-order valence-corrected chi connectivity index (χ4v) is 3.10. The number of pyridine rings is 1. The number of hydrogen-bond donors (Lipinski definition) is 2. The molecule has 1 fully saturated rings. The highest BCUT2D eigenvalue weighted by Gasteiger charge is 2.33. The lowest BCUT2D eigenvalue weighted by Gasteiger charge is -2.26. The van der Waals surface area contributed by atoms with Crippen LogP contribution in [0.5, 0.6) is 0 Å². The number of hydrogen-bond acceptors (Lipinski definition) is 4. The molecular weight excluding hydrogens is 403 g/mol. The number of nitrogens with one attached hydrogen (secondary N) is 2. The van der Waals surface area contributed by atoms with Gasteiger partial charge < -0.3 is 15.4 Å². The van der Waals surface area contributed by atoms with Crippen molar-refractivity contribution in [1.82, 2.24) is 10.3 Å². The lowest BCUT2D eigenvalue weighted by Crippen LogP contribution is -2.45. The quantitative estimate of drug-likeness (QED) is 0.737. The third-order valence-corrected chi connectivity index (χ3v) is 4.31. The fraction of sp³-hybridized carbons (Fsp3) is 0.625. The summed E-state index contributed by atoms with van der Waals surface area (Å²) in [7, 11) is 0. The number of halogens is 4. The van der Waals surface area contributed by atoms with Gasteiger partial charge in [-0.25, -0.2) is 9.78 Å². The zero-order valence-corrected chi connectivity index (χ0v) is 15.8. The first-order chi connectivity index (χ1) is 11.5. The van der Waals surface area contributed by atoms with Gasteiger partial charge in [-0.3, -0.25) is 0 Å². The minimum absolute atomic E-state index is 0.131. The number of nitrogens with zero attached hydrogens (tertiary/aromatic N) is 1. The number of anilines is 1. The second-order valence-electron chi connectivity index (χ2n) is 6.99. The molecule has 25 heavy (non-hydrogen) atoms. The van der Waals surface area contributed by atoms with Crippen LogP contribution in [0.4, 0.5) is 23.8 Å². The van der Waals surface area contributed by atoms with Crippen molar-refractivity contribution in [2.75, 3.05) is 5.32 Å². The van der Waals surface area contributed by atoms with E-state index < -0.39 is 23.4 Å². The van der Waals surface area contributed by atoms with Crippen LogP contribution in [0.15, 0.2) is 16.7 Å². The second-order valence-corrected chi connectivity index (χ2v) is 7.84. The van der Waals surface area contributed by atoms with Gasteiger partial charge >= 0.3 is 12.3 Å². The maximum atomic E-state index is 12.7. The first-order valence-corrected chi connectivity index (χ1v) is 8.74. The molecule has 2 atom stereocenters. The van der Waals surface area contributed by atoms with Crippen molar-refractivity contribution < 1.29 is 22.7 Å². The fourth-order valence-electron chi connectivity index (χ4n) is 2.64. The van der Waals surface area contributed by atoms with Crippen LogP contribution in [0.25, 0.3) is 0 Å². The number of alkyl halides is 3. The molecule has 1 saturated carbocycles. The molecule has 140 valence electrons. The van der Waals surface area contributed by atoms with Crippen molar-refractivity contribution in [3.05, 3.63) is 22.3 Å². The SMILES string of the molecule is CC(C)(C)OC(=O)N[C@H]1CCC[C@@H]1Nc1ncc(C(F)(F)F)cc1Br. The maximum Gasteiger partial charge on any atom is 0.417 e. The summed E-state index contributed by atoms with van der Waals surface area (Å²) in [5.74, 6) is 0.316. The van der Waals surface area contributed by atoms with Crippen LogP contribution >= 0.6 is 15.9 Å². The van der Waals surface area contributed by atoms with Crippen molar-refractivity contribution in [2.45, 2.75) is 63.9 Å². The first-order valence-electron chi connectivity index (χ1n) is 7.94. The number of rotatable bonds is 3. The van der Waals surface area contributed by atoms with Crippen LogP contribution in [-0.4, -0.2) is 28.8 Å². The Morgan fingerprint density at radius 1 is 1.28 bits per heavy atom. The van der Waals surface area contributed by atoms with Gasteiger partial charge in [-0.15, -0.1) is 0 Å². The summed E-state index contributed by atoms with van der Waals surface area (Å²) in [6, 6.07) is 0.680. The summed E-state index contributed by atoms with van der Waals surface area (Å²) < 4.78 is 43.6. The highest BCUT2D eigenvalue weighted by molar-refractivity contribution is 9.10. The third-order valence-electron chi connectivity index (χ3n) is 3.71. The number of aromatic nitrogens is 1. The van der Waals surface area contributed by atoms with Crippen molar-refractivity contribution in [2.24, 2.45) is 0 Å². The van der Waals surface area contributed by atoms with Crippen LogP contribution in [0, 0.1) is 0 Å². The van der Waals surface area contributed by atoms with Crippen LogP contribution in [0.1, 0.15) is 45.6 Å². The largest absolute Gasteiger partial charge is 0.444 e. The van der Waals surface area contributed by atoms with E-state index in [2.05, 4.69) is 31.5 Å². The van der Waals surface area contributed by atoms with Gasteiger partial charge in [-0.2, -0.15) is 13.2 Å². The molecule has 1 aromatic rings. The molecule has 9 heteroatoms. The number of carbonyl (C=O) groups excluding carboxylic acids is 1. The highest BCUT2D eigenvalue weighted by atomic mass is 79.9. The molecule has 1 heterocycles. The van der Waals surface area contributed by atoms with E-state index in [1.165, 1.54) is 0 Å². The Kier molecular flexibility index (Phi) is 5.86. The van der Waals surface area contributed by atoms with Gasteiger partial charge in [0.2, 0.25) is 0 Å². The summed E-state index contributed by atoms with van der Waals surface area (Å²) in [5, 5.41) is 5.92. The Hall–Kier alpha value is -1.51. The average Bonchev–Trinajstić information content (AvgIpc) is 2.84. The minimum atomic E-state index is -4.44. The molecule has 0 aromatic carbocycles. The minimum Gasteiger partial charge on any atom is -0.444 e. The average molecular weight is 424 g/mol. The molecule has 1 aliphatic carbocycles. The van der Waals surface area contributed by atoms with Crippen molar-refractivity contribution in [3.63, 3.8) is 0 Å². The van der Waals surface area contributed by atoms with E-state index >= 15 is 0 Å². The molecule has 2 rings (SSSR count). The molecular formula is C16H21BrF3N3O2. The zero-order valence-electron chi connectivity index (χ0n) is 14.2. The van der Waals surface area contributed by atoms with Gasteiger partial charge in [-0.1, -0.05) is 0 Å². The molecule has 0 unspecified atom stereocenters. The standard InChI is InChI=1S/C16H21BrF3N3O2/c1-15(2,3)25-14(24)23-12-6-4-5-11(12)22-13-10(17)7-9(8-21-13)16(18,19)20/h7-8,11-12H,4-6H2,1-3H3,(H,21,22)(H,23,24)/t11-,12-/m0/s1. The molecule has 1 amide bonds. The summed E-state index contributed by atoms with van der Waals surface area (Å²) in [6.45, 7) is 5.33. The molecule has 1 aliphatic rings. The predicted octanol–water partition coefficient (Wildman–Crippen LogP) is 4.72. The topological polar surface area (TPSA) is 63.2 Å². The van der Waals surface area contributed by atoms with Gasteiger partial charge in [0.05, 0.1) is 16.1 Å². The van der Waals surface area contributed by atoms with Crippen molar-refractivity contribution in [3.8, 4) is 0 Å². The van der Waals surface area contributed by atoms with Gasteiger partial charge in [-0.05, 0) is 62.0 Å². The normalized spacial score (nSPS) is 21.1. The lowest BCUT2D eigenvalue weighted by atomic mass is 10.1. The Bertz CT molecular complexity index is 632. The van der Waals surface area contributed by atoms with E-state index in [-0.39, 0.29) is 16.6 Å². The number of alkyl carbamates (subject to hydrolysis) is 1. The molecule has 0 aliphatic heterocycles. The van der Waals surface area contributed by atoms with E-state index in [0.29, 0.717) is 5.82 Å². The third kappa shape index (κ3) is 5.76. The molecule has 0 bridgehead atoms. The summed E-state index contributed by atoms with van der Waals surface area (Å²) >= 11 is 3.12. The first kappa shape index (κ1) is 19.8. The van der Waals surface area contributed by atoms with E-state index in [0.717, 1.165) is 31.5 Å². The lowest BCUT2D eigenvalue weighted by molar-refractivity contribution is -0.137. The molecule has 1 aromatic heterocycles. The van der Waals surface area contributed by atoms with Crippen LogP contribution in [0.3, 0.4) is 0 Å². The Morgan fingerprint density at radius 3 is 2.48 bits per heavy atom. The van der Waals surface area contributed by atoms with Crippen molar-refractivity contribution >= 4 is 27.8 Å². The van der Waals surface area contributed by atoms with Crippen LogP contribution in [0.2, 0.25) is 0 Å². The summed E-state index contributed by atoms with van der Waals surface area (Å²) in [6.07, 6.45) is -1.74. The molecule has 5 nitrogen and oxygen atoms in total. The van der Waals surface area contributed by atoms with Crippen LogP contribution in [-0.2, 0) is 10.9 Å². The Labute approximate surface area is 152 Å². The van der Waals surface area contributed by atoms with E-state index in [4.69, 9.17) is 4.74 Å². The number of ether oxygens (including phenoxy) is 1. The molecule has 0 radical (unpaired) electrons. The van der Waals surface area contributed by atoms with E-state index in [1.54, 1.807) is 20.8 Å². The zero-order chi connectivity index (χ0) is 18.8. The summed E-state index contributed by atoms with van der Waals surface area (Å²) in [5.41, 5.74) is -1.41. The Morgan fingerprint density at radius 2 is 1.92 bits per heavy atom. The number of carbonyl (C=O) groups is 1. The predicted molar refractivity (Wildman–Crippen MR) is 91.4 cm³/mol. The monoisotopic (exact) mass is 423 g/mol. The molecule has 2 N–H and O–H groups in total. The van der Waals surface area contributed by atoms with Gasteiger partial charge in [0.1, 0.15) is 11.4 Å². The number of amides is 1. The summed E-state index contributed by atoms with van der Waals surface area (Å²) in [4.78, 5) is 15.8. The maximum absolute atomic E-state index is 12.7. The van der Waals surface area contributed by atoms with Crippen molar-refractivity contribution in [1.29, 1.82) is 0 Å². The second kappa shape index (κ2) is 7.39.